The van der Waals surface area contributed by atoms with Crippen molar-refractivity contribution in [3.8, 4) is 0 Å². The Kier molecular flexibility index (Phi) is 3.95. The first-order chi connectivity index (χ1) is 13.1. The molecule has 28 heavy (non-hydrogen) atoms. The Morgan fingerprint density at radius 3 is 2.79 bits per heavy atom. The number of carbonyl (C=O) groups is 1. The first-order valence-electron chi connectivity index (χ1n) is 9.27. The van der Waals surface area contributed by atoms with E-state index in [1.165, 1.54) is 24.6 Å². The molecule has 2 atom stereocenters. The molecule has 9 nitrogen and oxygen atoms in total. The molecule has 0 unspecified atom stereocenters. The molecule has 4 rings (SSSR count). The lowest BCUT2D eigenvalue weighted by molar-refractivity contribution is -0.384. The van der Waals surface area contributed by atoms with Crippen molar-refractivity contribution in [1.29, 1.82) is 0 Å². The van der Waals surface area contributed by atoms with E-state index in [1.807, 2.05) is 0 Å². The smallest absolute Gasteiger partial charge is 0.407 e. The summed E-state index contributed by atoms with van der Waals surface area (Å²) in [5, 5.41) is 15.2. The van der Waals surface area contributed by atoms with Gasteiger partial charge in [0.05, 0.1) is 16.5 Å². The van der Waals surface area contributed by atoms with Crippen LogP contribution in [-0.4, -0.2) is 21.1 Å². The van der Waals surface area contributed by atoms with Gasteiger partial charge in [-0.25, -0.2) is 10.2 Å². The number of oxazole rings is 1. The van der Waals surface area contributed by atoms with E-state index in [-0.39, 0.29) is 28.6 Å². The van der Waals surface area contributed by atoms with Crippen molar-refractivity contribution in [3.05, 3.63) is 38.9 Å². The summed E-state index contributed by atoms with van der Waals surface area (Å²) < 4.78 is 6.18. The average Bonchev–Trinajstić information content (AvgIpc) is 3.13. The Balaban J connectivity index is 1.53. The highest BCUT2D eigenvalue weighted by Crippen LogP contribution is 2.63. The number of aromatic nitrogens is 1. The predicted octanol–water partition coefficient (Wildman–Crippen LogP) is 2.82. The minimum Gasteiger partial charge on any atom is -0.407 e. The van der Waals surface area contributed by atoms with Crippen molar-refractivity contribution in [3.63, 3.8) is 0 Å². The fraction of sp³-hybridized carbons (Fsp3) is 0.526. The van der Waals surface area contributed by atoms with Crippen molar-refractivity contribution in [2.24, 2.45) is 21.8 Å². The van der Waals surface area contributed by atoms with Gasteiger partial charge in [0.2, 0.25) is 0 Å². The maximum Gasteiger partial charge on any atom is 0.420 e. The zero-order valence-electron chi connectivity index (χ0n) is 16.0. The van der Waals surface area contributed by atoms with E-state index >= 15 is 0 Å². The lowest BCUT2D eigenvalue weighted by Crippen LogP contribution is -2.35. The maximum atomic E-state index is 12.4. The summed E-state index contributed by atoms with van der Waals surface area (Å²) in [6.07, 6.45) is 3.12. The van der Waals surface area contributed by atoms with Gasteiger partial charge in [-0.15, -0.1) is 0 Å². The van der Waals surface area contributed by atoms with E-state index in [0.29, 0.717) is 11.4 Å². The molecule has 1 aromatic carbocycles. The molecule has 0 spiro atoms. The normalized spacial score (nSPS) is 26.8. The average molecular weight is 386 g/mol. The molecule has 2 aromatic rings. The molecule has 2 aliphatic carbocycles. The molecule has 0 radical (unpaired) electrons. The number of nitrogens with one attached hydrogen (secondary N) is 1. The van der Waals surface area contributed by atoms with Gasteiger partial charge in [-0.05, 0) is 36.7 Å². The zero-order chi connectivity index (χ0) is 20.3. The molecule has 148 valence electrons. The number of hydrazone groups is 1. The van der Waals surface area contributed by atoms with Crippen LogP contribution in [0, 0.1) is 26.9 Å². The molecule has 1 heterocycles. The topological polar surface area (TPSA) is 120 Å². The van der Waals surface area contributed by atoms with Crippen molar-refractivity contribution in [2.45, 2.75) is 46.6 Å². The van der Waals surface area contributed by atoms with E-state index in [0.717, 1.165) is 23.1 Å². The molecular weight excluding hydrogens is 364 g/mol. The van der Waals surface area contributed by atoms with Crippen LogP contribution in [0.3, 0.4) is 0 Å². The van der Waals surface area contributed by atoms with E-state index < -0.39 is 16.6 Å². The monoisotopic (exact) mass is 386 g/mol. The second-order valence-corrected chi connectivity index (χ2v) is 8.45. The fourth-order valence-electron chi connectivity index (χ4n) is 4.72. The van der Waals surface area contributed by atoms with Crippen LogP contribution in [0.4, 0.5) is 5.69 Å². The highest BCUT2D eigenvalue weighted by Gasteiger charge is 2.60. The molecule has 0 aliphatic heterocycles. The van der Waals surface area contributed by atoms with Gasteiger partial charge in [0, 0.05) is 17.2 Å². The number of carbonyl (C=O) groups excluding carboxylic acids is 1. The number of fused-ring (bicyclic) bond motifs is 3. The SMILES string of the molecule is CC1(C)[C@@H]2CC[C@]1(C)/C(=N/NC(=O)Cn1c(=O)oc3cc([N+](=O)[O-])ccc31)C2. The number of hydrogen-bond donors (Lipinski definition) is 1. The molecule has 1 N–H and O–H groups in total. The van der Waals surface area contributed by atoms with Crippen LogP contribution < -0.4 is 11.2 Å². The Hall–Kier alpha value is -2.97. The van der Waals surface area contributed by atoms with Crippen LogP contribution in [0.25, 0.3) is 11.1 Å². The Labute approximate surface area is 160 Å². The lowest BCUT2D eigenvalue weighted by Gasteiger charge is -2.34. The largest absolute Gasteiger partial charge is 0.420 e. The van der Waals surface area contributed by atoms with Gasteiger partial charge in [0.15, 0.2) is 5.58 Å². The number of non-ortho nitro benzene ring substituents is 1. The summed E-state index contributed by atoms with van der Waals surface area (Å²) in [4.78, 5) is 34.7. The summed E-state index contributed by atoms with van der Waals surface area (Å²) in [5.41, 5.74) is 3.92. The van der Waals surface area contributed by atoms with Crippen LogP contribution >= 0.6 is 0 Å². The van der Waals surface area contributed by atoms with Gasteiger partial charge in [-0.2, -0.15) is 5.10 Å². The third-order valence-electron chi connectivity index (χ3n) is 6.99. The standard InChI is InChI=1S/C19H22N4O5/c1-18(2)11-6-7-19(18,3)15(8-11)20-21-16(24)10-22-13-5-4-12(23(26)27)9-14(13)28-17(22)25/h4-5,9,11H,6-8,10H2,1-3H3,(H,21,24)/b20-15+/t11-,19-/m1/s1. The molecular formula is C19H22N4O5. The summed E-state index contributed by atoms with van der Waals surface area (Å²) >= 11 is 0. The van der Waals surface area contributed by atoms with Crippen molar-refractivity contribution >= 4 is 28.4 Å². The Morgan fingerprint density at radius 1 is 1.43 bits per heavy atom. The van der Waals surface area contributed by atoms with Crippen LogP contribution in [0.5, 0.6) is 0 Å². The van der Waals surface area contributed by atoms with Gasteiger partial charge in [-0.3, -0.25) is 19.5 Å². The number of nitrogens with zero attached hydrogens (tertiary/aromatic N) is 3. The summed E-state index contributed by atoms with van der Waals surface area (Å²) in [5.74, 6) is -0.615. The molecule has 1 aromatic heterocycles. The lowest BCUT2D eigenvalue weighted by atomic mass is 9.70. The Morgan fingerprint density at radius 2 is 2.18 bits per heavy atom. The van der Waals surface area contributed by atoms with E-state index in [4.69, 9.17) is 4.42 Å². The van der Waals surface area contributed by atoms with Crippen molar-refractivity contribution < 1.29 is 14.1 Å². The van der Waals surface area contributed by atoms with E-state index in [9.17, 15) is 19.7 Å². The number of hydrogen-bond acceptors (Lipinski definition) is 6. The van der Waals surface area contributed by atoms with Gasteiger partial charge in [0.25, 0.3) is 11.6 Å². The molecule has 2 bridgehead atoms. The van der Waals surface area contributed by atoms with Crippen LogP contribution in [-0.2, 0) is 11.3 Å². The number of nitro benzene ring substituents is 1. The van der Waals surface area contributed by atoms with Gasteiger partial charge >= 0.3 is 5.76 Å². The number of benzene rings is 1. The van der Waals surface area contributed by atoms with Crippen LogP contribution in [0.15, 0.2) is 32.5 Å². The van der Waals surface area contributed by atoms with Crippen LogP contribution in [0.1, 0.15) is 40.0 Å². The molecule has 9 heteroatoms. The number of amides is 1. The molecule has 0 saturated heterocycles. The first-order valence-corrected chi connectivity index (χ1v) is 9.27. The van der Waals surface area contributed by atoms with Gasteiger partial charge < -0.3 is 4.42 Å². The molecule has 2 aliphatic rings. The second-order valence-electron chi connectivity index (χ2n) is 8.45. The molecule has 2 saturated carbocycles. The van der Waals surface area contributed by atoms with E-state index in [2.05, 4.69) is 31.3 Å². The fourth-order valence-corrected chi connectivity index (χ4v) is 4.72. The quantitative estimate of drug-likeness (QED) is 0.640. The first kappa shape index (κ1) is 18.4. The predicted molar refractivity (Wildman–Crippen MR) is 102 cm³/mol. The second kappa shape index (κ2) is 6.02. The van der Waals surface area contributed by atoms with Gasteiger partial charge in [0.1, 0.15) is 6.54 Å². The molecule has 1 amide bonds. The molecule has 2 fully saturated rings. The zero-order valence-corrected chi connectivity index (χ0v) is 16.0. The third-order valence-corrected chi connectivity index (χ3v) is 6.99. The summed E-state index contributed by atoms with van der Waals surface area (Å²) in [7, 11) is 0. The Bertz CT molecular complexity index is 1080. The number of nitro groups is 1. The summed E-state index contributed by atoms with van der Waals surface area (Å²) in [6, 6.07) is 3.84. The van der Waals surface area contributed by atoms with Gasteiger partial charge in [-0.1, -0.05) is 20.8 Å². The highest BCUT2D eigenvalue weighted by atomic mass is 16.6. The maximum absolute atomic E-state index is 12.4. The third kappa shape index (κ3) is 2.56. The minimum atomic E-state index is -0.744. The summed E-state index contributed by atoms with van der Waals surface area (Å²) in [6.45, 7) is 6.44. The van der Waals surface area contributed by atoms with Crippen molar-refractivity contribution in [2.75, 3.05) is 0 Å². The minimum absolute atomic E-state index is 0.0247. The number of rotatable bonds is 4. The highest BCUT2D eigenvalue weighted by molar-refractivity contribution is 5.95. The van der Waals surface area contributed by atoms with Crippen molar-refractivity contribution in [1.82, 2.24) is 9.99 Å². The van der Waals surface area contributed by atoms with E-state index in [1.54, 1.807) is 0 Å². The van der Waals surface area contributed by atoms with Crippen LogP contribution in [0.2, 0.25) is 0 Å².